The number of likely N-dealkylation sites (tertiary alicyclic amines) is 1. The average molecular weight is 226 g/mol. The predicted molar refractivity (Wildman–Crippen MR) is 62.8 cm³/mol. The molecule has 16 heavy (non-hydrogen) atoms. The molecule has 1 saturated heterocycles. The summed E-state index contributed by atoms with van der Waals surface area (Å²) in [5.74, 6) is -0.298. The van der Waals surface area contributed by atoms with Crippen LogP contribution in [0.5, 0.6) is 0 Å². The molecule has 4 heteroatoms. The van der Waals surface area contributed by atoms with Gasteiger partial charge in [-0.1, -0.05) is 20.8 Å². The molecule has 92 valence electrons. The first-order valence-electron chi connectivity index (χ1n) is 6.15. The van der Waals surface area contributed by atoms with Gasteiger partial charge in [-0.3, -0.25) is 14.5 Å². The van der Waals surface area contributed by atoms with E-state index in [1.807, 2.05) is 13.8 Å². The first kappa shape index (κ1) is 13.2. The van der Waals surface area contributed by atoms with E-state index in [1.165, 1.54) is 4.90 Å². The molecule has 1 N–H and O–H groups in total. The number of carbonyl (C=O) groups is 2. The molecule has 0 spiro atoms. The Morgan fingerprint density at radius 2 is 1.69 bits per heavy atom. The Balaban J connectivity index is 2.32. The van der Waals surface area contributed by atoms with E-state index in [9.17, 15) is 9.59 Å². The highest BCUT2D eigenvalue weighted by Gasteiger charge is 2.41. The third-order valence-corrected chi connectivity index (χ3v) is 3.22. The summed E-state index contributed by atoms with van der Waals surface area (Å²) in [6.07, 6.45) is 1.95. The summed E-state index contributed by atoms with van der Waals surface area (Å²) in [6, 6.07) is 0. The number of rotatable bonds is 6. The van der Waals surface area contributed by atoms with Crippen molar-refractivity contribution in [2.45, 2.75) is 33.6 Å². The molecule has 1 fully saturated rings. The quantitative estimate of drug-likeness (QED) is 0.543. The van der Waals surface area contributed by atoms with Crippen LogP contribution in [0, 0.1) is 11.8 Å². The minimum Gasteiger partial charge on any atom is -0.317 e. The fraction of sp³-hybridized carbons (Fsp3) is 0.833. The number of amides is 2. The normalized spacial score (nSPS) is 25.6. The van der Waals surface area contributed by atoms with E-state index in [-0.39, 0.29) is 23.7 Å². The van der Waals surface area contributed by atoms with E-state index in [0.717, 1.165) is 25.9 Å². The monoisotopic (exact) mass is 226 g/mol. The van der Waals surface area contributed by atoms with Gasteiger partial charge in [-0.15, -0.1) is 0 Å². The standard InChI is InChI=1S/C12H22N2O2/c1-4-6-13-7-5-8-14-11(15)9(2)10(3)12(14)16/h9-10,13H,4-8H2,1-3H3. The number of imide groups is 1. The second kappa shape index (κ2) is 5.99. The molecule has 0 bridgehead atoms. The highest BCUT2D eigenvalue weighted by atomic mass is 16.2. The van der Waals surface area contributed by atoms with Crippen LogP contribution in [-0.4, -0.2) is 36.3 Å². The van der Waals surface area contributed by atoms with Gasteiger partial charge in [-0.25, -0.2) is 0 Å². The van der Waals surface area contributed by atoms with Gasteiger partial charge in [0.15, 0.2) is 0 Å². The Morgan fingerprint density at radius 1 is 1.12 bits per heavy atom. The van der Waals surface area contributed by atoms with Crippen LogP contribution in [0.1, 0.15) is 33.6 Å². The second-order valence-electron chi connectivity index (χ2n) is 4.51. The molecular formula is C12H22N2O2. The number of hydrogen-bond donors (Lipinski definition) is 1. The van der Waals surface area contributed by atoms with E-state index >= 15 is 0 Å². The molecule has 0 aromatic carbocycles. The number of hydrogen-bond acceptors (Lipinski definition) is 3. The Hall–Kier alpha value is -0.900. The van der Waals surface area contributed by atoms with E-state index in [4.69, 9.17) is 0 Å². The maximum atomic E-state index is 11.7. The van der Waals surface area contributed by atoms with E-state index < -0.39 is 0 Å². The van der Waals surface area contributed by atoms with Gasteiger partial charge in [0.2, 0.25) is 11.8 Å². The molecule has 4 nitrogen and oxygen atoms in total. The van der Waals surface area contributed by atoms with E-state index in [1.54, 1.807) is 0 Å². The van der Waals surface area contributed by atoms with Gasteiger partial charge in [0.05, 0.1) is 0 Å². The summed E-state index contributed by atoms with van der Waals surface area (Å²) in [6.45, 7) is 8.20. The van der Waals surface area contributed by atoms with E-state index in [0.29, 0.717) is 6.54 Å². The zero-order valence-corrected chi connectivity index (χ0v) is 10.5. The Kier molecular flexibility index (Phi) is 4.93. The molecule has 2 amide bonds. The van der Waals surface area contributed by atoms with Gasteiger partial charge in [0.1, 0.15) is 0 Å². The first-order valence-corrected chi connectivity index (χ1v) is 6.15. The van der Waals surface area contributed by atoms with Gasteiger partial charge >= 0.3 is 0 Å². The van der Waals surface area contributed by atoms with Crippen LogP contribution in [0.3, 0.4) is 0 Å². The summed E-state index contributed by atoms with van der Waals surface area (Å²) in [7, 11) is 0. The number of nitrogens with zero attached hydrogens (tertiary/aromatic N) is 1. The Morgan fingerprint density at radius 3 is 2.19 bits per heavy atom. The van der Waals surface area contributed by atoms with Crippen molar-refractivity contribution in [2.24, 2.45) is 11.8 Å². The largest absolute Gasteiger partial charge is 0.317 e. The Bertz CT molecular complexity index is 246. The minimum absolute atomic E-state index is 0.00649. The highest BCUT2D eigenvalue weighted by molar-refractivity contribution is 6.04. The molecule has 0 aromatic rings. The van der Waals surface area contributed by atoms with Crippen LogP contribution in [-0.2, 0) is 9.59 Å². The van der Waals surface area contributed by atoms with Crippen LogP contribution in [0.2, 0.25) is 0 Å². The Labute approximate surface area is 97.4 Å². The zero-order chi connectivity index (χ0) is 12.1. The second-order valence-corrected chi connectivity index (χ2v) is 4.51. The van der Waals surface area contributed by atoms with Crippen molar-refractivity contribution in [2.75, 3.05) is 19.6 Å². The highest BCUT2D eigenvalue weighted by Crippen LogP contribution is 2.25. The van der Waals surface area contributed by atoms with Crippen molar-refractivity contribution in [3.8, 4) is 0 Å². The average Bonchev–Trinajstić information content (AvgIpc) is 2.46. The third-order valence-electron chi connectivity index (χ3n) is 3.22. The van der Waals surface area contributed by atoms with Crippen LogP contribution >= 0.6 is 0 Å². The lowest BCUT2D eigenvalue weighted by atomic mass is 10.00. The van der Waals surface area contributed by atoms with Crippen LogP contribution < -0.4 is 5.32 Å². The number of nitrogens with one attached hydrogen (secondary N) is 1. The topological polar surface area (TPSA) is 49.4 Å². The van der Waals surface area contributed by atoms with Crippen LogP contribution in [0.15, 0.2) is 0 Å². The molecular weight excluding hydrogens is 204 g/mol. The van der Waals surface area contributed by atoms with Crippen molar-refractivity contribution < 1.29 is 9.59 Å². The summed E-state index contributed by atoms with van der Waals surface area (Å²) >= 11 is 0. The molecule has 1 aliphatic heterocycles. The van der Waals surface area contributed by atoms with Crippen molar-refractivity contribution in [3.05, 3.63) is 0 Å². The predicted octanol–water partition coefficient (Wildman–Crippen LogP) is 1.02. The summed E-state index contributed by atoms with van der Waals surface area (Å²) in [5, 5.41) is 3.26. The lowest BCUT2D eigenvalue weighted by molar-refractivity contribution is -0.139. The fourth-order valence-electron chi connectivity index (χ4n) is 1.91. The molecule has 1 aliphatic rings. The lowest BCUT2D eigenvalue weighted by Crippen LogP contribution is -2.33. The smallest absolute Gasteiger partial charge is 0.232 e. The van der Waals surface area contributed by atoms with Gasteiger partial charge in [0.25, 0.3) is 0 Å². The third kappa shape index (κ3) is 2.82. The minimum atomic E-state index is -0.142. The van der Waals surface area contributed by atoms with Crippen molar-refractivity contribution in [1.82, 2.24) is 10.2 Å². The summed E-state index contributed by atoms with van der Waals surface area (Å²) in [5.41, 5.74) is 0. The molecule has 1 rings (SSSR count). The van der Waals surface area contributed by atoms with Crippen molar-refractivity contribution in [3.63, 3.8) is 0 Å². The molecule has 2 unspecified atom stereocenters. The summed E-state index contributed by atoms with van der Waals surface area (Å²) in [4.78, 5) is 24.9. The van der Waals surface area contributed by atoms with Gasteiger partial charge in [-0.05, 0) is 25.9 Å². The molecule has 0 aromatic heterocycles. The maximum Gasteiger partial charge on any atom is 0.232 e. The number of carbonyl (C=O) groups excluding carboxylic acids is 2. The molecule has 0 saturated carbocycles. The van der Waals surface area contributed by atoms with Crippen molar-refractivity contribution >= 4 is 11.8 Å². The SMILES string of the molecule is CCCNCCCN1C(=O)C(C)C(C)C1=O. The van der Waals surface area contributed by atoms with Crippen molar-refractivity contribution in [1.29, 1.82) is 0 Å². The summed E-state index contributed by atoms with van der Waals surface area (Å²) < 4.78 is 0. The molecule has 0 radical (unpaired) electrons. The maximum absolute atomic E-state index is 11.7. The molecule has 2 atom stereocenters. The van der Waals surface area contributed by atoms with Gasteiger partial charge in [-0.2, -0.15) is 0 Å². The van der Waals surface area contributed by atoms with Crippen LogP contribution in [0.25, 0.3) is 0 Å². The van der Waals surface area contributed by atoms with Gasteiger partial charge in [0, 0.05) is 18.4 Å². The lowest BCUT2D eigenvalue weighted by Gasteiger charge is -2.14. The zero-order valence-electron chi connectivity index (χ0n) is 10.5. The first-order chi connectivity index (χ1) is 7.59. The molecule has 1 heterocycles. The molecule has 0 aliphatic carbocycles. The van der Waals surface area contributed by atoms with E-state index in [2.05, 4.69) is 12.2 Å². The van der Waals surface area contributed by atoms with Gasteiger partial charge < -0.3 is 5.32 Å². The van der Waals surface area contributed by atoms with Crippen LogP contribution in [0.4, 0.5) is 0 Å². The fourth-order valence-corrected chi connectivity index (χ4v) is 1.91.